The van der Waals surface area contributed by atoms with E-state index in [-0.39, 0.29) is 24.0 Å². The molecule has 0 unspecified atom stereocenters. The number of carbonyl (C=O) groups is 1. The number of nitrogens with zero attached hydrogens (tertiary/aromatic N) is 2. The first-order valence-electron chi connectivity index (χ1n) is 8.16. The lowest BCUT2D eigenvalue weighted by molar-refractivity contribution is 0.0225. The van der Waals surface area contributed by atoms with Gasteiger partial charge in [0, 0.05) is 6.20 Å². The third kappa shape index (κ3) is 3.83. The highest BCUT2D eigenvalue weighted by atomic mass is 16.4. The van der Waals surface area contributed by atoms with Gasteiger partial charge in [-0.2, -0.15) is 0 Å². The van der Waals surface area contributed by atoms with Crippen LogP contribution in [0.5, 0.6) is 0 Å². The van der Waals surface area contributed by atoms with Gasteiger partial charge in [-0.25, -0.2) is 0 Å². The Kier molecular flexibility index (Phi) is 4.97. The van der Waals surface area contributed by atoms with Crippen molar-refractivity contribution in [3.63, 3.8) is 0 Å². The Morgan fingerprint density at radius 2 is 2.17 bits per heavy atom. The second kappa shape index (κ2) is 7.15. The van der Waals surface area contributed by atoms with Crippen molar-refractivity contribution >= 4 is 5.91 Å². The van der Waals surface area contributed by atoms with Crippen LogP contribution >= 0.6 is 0 Å². The standard InChI is InChI=1S/C18H23N3O3/c1-21(2)11-14-6-7-16(24-14)18(23)20-17(12-9-13(22)10-12)15-5-3-4-8-19-15/h3-8,12-13,17,22H,9-11H2,1-2H3,(H,20,23)/t12?,13?,17-/m0/s1. The predicted octanol–water partition coefficient (Wildman–Crippen LogP) is 1.98. The summed E-state index contributed by atoms with van der Waals surface area (Å²) in [4.78, 5) is 18.9. The smallest absolute Gasteiger partial charge is 0.287 e. The minimum atomic E-state index is -0.284. The third-order valence-corrected chi connectivity index (χ3v) is 4.27. The summed E-state index contributed by atoms with van der Waals surface area (Å²) in [5.41, 5.74) is 0.808. The lowest BCUT2D eigenvalue weighted by Crippen LogP contribution is -2.41. The molecule has 24 heavy (non-hydrogen) atoms. The summed E-state index contributed by atoms with van der Waals surface area (Å²) in [6, 6.07) is 8.94. The van der Waals surface area contributed by atoms with Crippen LogP contribution in [0.1, 0.15) is 40.9 Å². The van der Waals surface area contributed by atoms with Crippen LogP contribution in [-0.2, 0) is 6.54 Å². The molecule has 1 fully saturated rings. The van der Waals surface area contributed by atoms with Crippen molar-refractivity contribution in [3.8, 4) is 0 Å². The average Bonchev–Trinajstić information content (AvgIpc) is 2.98. The number of aliphatic hydroxyl groups excluding tert-OH is 1. The van der Waals surface area contributed by atoms with E-state index in [1.165, 1.54) is 0 Å². The maximum Gasteiger partial charge on any atom is 0.287 e. The number of hydrogen-bond donors (Lipinski definition) is 2. The van der Waals surface area contributed by atoms with Crippen molar-refractivity contribution in [2.24, 2.45) is 5.92 Å². The molecule has 0 saturated heterocycles. The number of hydrogen-bond acceptors (Lipinski definition) is 5. The maximum atomic E-state index is 12.5. The van der Waals surface area contributed by atoms with E-state index in [0.717, 1.165) is 11.5 Å². The highest BCUT2D eigenvalue weighted by Gasteiger charge is 2.36. The first kappa shape index (κ1) is 16.7. The van der Waals surface area contributed by atoms with Crippen LogP contribution in [0.4, 0.5) is 0 Å². The second-order valence-electron chi connectivity index (χ2n) is 6.59. The molecule has 2 heterocycles. The van der Waals surface area contributed by atoms with Gasteiger partial charge in [-0.3, -0.25) is 9.78 Å². The zero-order valence-corrected chi connectivity index (χ0v) is 14.0. The normalized spacial score (nSPS) is 21.3. The van der Waals surface area contributed by atoms with E-state index >= 15 is 0 Å². The predicted molar refractivity (Wildman–Crippen MR) is 89.3 cm³/mol. The fraction of sp³-hybridized carbons (Fsp3) is 0.444. The van der Waals surface area contributed by atoms with Crippen LogP contribution < -0.4 is 5.32 Å². The Balaban J connectivity index is 1.72. The molecule has 1 aliphatic rings. The molecule has 3 rings (SSSR count). The van der Waals surface area contributed by atoms with Crippen molar-refractivity contribution in [1.29, 1.82) is 0 Å². The van der Waals surface area contributed by atoms with Crippen molar-refractivity contribution in [2.75, 3.05) is 14.1 Å². The van der Waals surface area contributed by atoms with Gasteiger partial charge < -0.3 is 19.7 Å². The molecule has 1 amide bonds. The highest BCUT2D eigenvalue weighted by molar-refractivity contribution is 5.91. The van der Waals surface area contributed by atoms with Crippen molar-refractivity contribution in [1.82, 2.24) is 15.2 Å². The van der Waals surface area contributed by atoms with Crippen LogP contribution in [0.2, 0.25) is 0 Å². The summed E-state index contributed by atoms with van der Waals surface area (Å²) in [6.07, 6.45) is 2.77. The van der Waals surface area contributed by atoms with Gasteiger partial charge in [0.15, 0.2) is 5.76 Å². The molecule has 0 spiro atoms. The number of pyridine rings is 1. The van der Waals surface area contributed by atoms with Crippen LogP contribution in [0.15, 0.2) is 40.9 Å². The molecule has 2 aromatic rings. The number of rotatable bonds is 6. The summed E-state index contributed by atoms with van der Waals surface area (Å²) in [7, 11) is 3.89. The number of amides is 1. The van der Waals surface area contributed by atoms with Crippen molar-refractivity contribution in [3.05, 3.63) is 53.7 Å². The van der Waals surface area contributed by atoms with Crippen LogP contribution in [0.3, 0.4) is 0 Å². The molecular formula is C18H23N3O3. The molecule has 0 aliphatic heterocycles. The van der Waals surface area contributed by atoms with Gasteiger partial charge in [-0.15, -0.1) is 0 Å². The molecule has 1 atom stereocenters. The van der Waals surface area contributed by atoms with Gasteiger partial charge in [0.25, 0.3) is 5.91 Å². The molecule has 2 aromatic heterocycles. The van der Waals surface area contributed by atoms with Crippen LogP contribution in [0.25, 0.3) is 0 Å². The number of nitrogens with one attached hydrogen (secondary N) is 1. The molecule has 0 bridgehead atoms. The van der Waals surface area contributed by atoms with Crippen LogP contribution in [-0.4, -0.2) is 41.1 Å². The minimum Gasteiger partial charge on any atom is -0.455 e. The van der Waals surface area contributed by atoms with E-state index in [4.69, 9.17) is 4.42 Å². The van der Waals surface area contributed by atoms with E-state index in [2.05, 4.69) is 10.3 Å². The third-order valence-electron chi connectivity index (χ3n) is 4.27. The number of aromatic nitrogens is 1. The Bertz CT molecular complexity index is 678. The molecule has 6 heteroatoms. The first-order chi connectivity index (χ1) is 11.5. The Labute approximate surface area is 141 Å². The van der Waals surface area contributed by atoms with E-state index in [1.807, 2.05) is 43.3 Å². The first-order valence-corrected chi connectivity index (χ1v) is 8.16. The lowest BCUT2D eigenvalue weighted by Gasteiger charge is -2.37. The molecule has 0 aromatic carbocycles. The second-order valence-corrected chi connectivity index (χ2v) is 6.59. The maximum absolute atomic E-state index is 12.5. The fourth-order valence-electron chi connectivity index (χ4n) is 3.00. The van der Waals surface area contributed by atoms with E-state index in [9.17, 15) is 9.90 Å². The van der Waals surface area contributed by atoms with Gasteiger partial charge in [0.2, 0.25) is 0 Å². The zero-order valence-electron chi connectivity index (χ0n) is 14.0. The SMILES string of the molecule is CN(C)Cc1ccc(C(=O)N[C@H](c2ccccn2)C2CC(O)C2)o1. The van der Waals surface area contributed by atoms with E-state index in [1.54, 1.807) is 12.3 Å². The topological polar surface area (TPSA) is 78.6 Å². The number of aliphatic hydroxyl groups is 1. The minimum absolute atomic E-state index is 0.190. The molecule has 2 N–H and O–H groups in total. The van der Waals surface area contributed by atoms with Gasteiger partial charge >= 0.3 is 0 Å². The number of carbonyl (C=O) groups excluding carboxylic acids is 1. The van der Waals surface area contributed by atoms with E-state index < -0.39 is 0 Å². The van der Waals surface area contributed by atoms with Gasteiger partial charge in [-0.1, -0.05) is 6.07 Å². The molecule has 1 saturated carbocycles. The summed E-state index contributed by atoms with van der Waals surface area (Å²) in [5.74, 6) is 0.985. The molecule has 0 radical (unpaired) electrons. The number of furan rings is 1. The zero-order chi connectivity index (χ0) is 17.1. The lowest BCUT2D eigenvalue weighted by atomic mass is 9.76. The summed E-state index contributed by atoms with van der Waals surface area (Å²) in [6.45, 7) is 0.645. The molecule has 6 nitrogen and oxygen atoms in total. The highest BCUT2D eigenvalue weighted by Crippen LogP contribution is 2.37. The summed E-state index contributed by atoms with van der Waals surface area (Å²) >= 11 is 0. The van der Waals surface area contributed by atoms with Gasteiger partial charge in [0.1, 0.15) is 5.76 Å². The fourth-order valence-corrected chi connectivity index (χ4v) is 3.00. The molecule has 128 valence electrons. The largest absolute Gasteiger partial charge is 0.455 e. The Morgan fingerprint density at radius 1 is 1.38 bits per heavy atom. The van der Waals surface area contributed by atoms with E-state index in [0.29, 0.717) is 25.1 Å². The van der Waals surface area contributed by atoms with Gasteiger partial charge in [0.05, 0.1) is 24.4 Å². The Hall–Kier alpha value is -2.18. The molecule has 1 aliphatic carbocycles. The Morgan fingerprint density at radius 3 is 2.79 bits per heavy atom. The molecular weight excluding hydrogens is 306 g/mol. The van der Waals surface area contributed by atoms with Crippen LogP contribution in [0, 0.1) is 5.92 Å². The van der Waals surface area contributed by atoms with Gasteiger partial charge in [-0.05, 0) is 57.1 Å². The summed E-state index contributed by atoms with van der Waals surface area (Å²) < 4.78 is 5.62. The monoisotopic (exact) mass is 329 g/mol. The van der Waals surface area contributed by atoms with Crippen molar-refractivity contribution in [2.45, 2.75) is 31.5 Å². The van der Waals surface area contributed by atoms with Crippen molar-refractivity contribution < 1.29 is 14.3 Å². The average molecular weight is 329 g/mol. The quantitative estimate of drug-likeness (QED) is 0.847. The summed E-state index contributed by atoms with van der Waals surface area (Å²) in [5, 5.41) is 12.6.